The molecule has 0 aliphatic rings. The molecule has 0 fully saturated rings. The zero-order chi connectivity index (χ0) is 20.4. The fourth-order valence-electron chi connectivity index (χ4n) is 2.88. The Morgan fingerprint density at radius 2 is 2.00 bits per heavy atom. The highest BCUT2D eigenvalue weighted by Crippen LogP contribution is 2.33. The molecule has 0 aliphatic carbocycles. The first-order valence-electron chi connectivity index (χ1n) is 8.76. The molecule has 146 valence electrons. The normalized spacial score (nSPS) is 10.9. The summed E-state index contributed by atoms with van der Waals surface area (Å²) in [5.41, 5.74) is 4.31. The number of urea groups is 1. The lowest BCUT2D eigenvalue weighted by molar-refractivity contribution is 0.251. The Morgan fingerprint density at radius 3 is 2.76 bits per heavy atom. The number of nitrogens with one attached hydrogen (secondary N) is 3. The molecule has 0 bridgehead atoms. The van der Waals surface area contributed by atoms with Crippen molar-refractivity contribution in [2.45, 2.75) is 13.5 Å². The minimum absolute atomic E-state index is 0.364. The minimum atomic E-state index is -0.364. The standard InChI is InChI=1S/C20H16BrClN6O/c1-11-8-13(6-7-23-11)17-15-10-24-19(16(21)18(15)28-27-17)26-20(29)25-9-12-2-4-14(22)5-3-12/h2-8,10H,9H2,1H3,(H,27,28)(H2,24,25,26,29). The summed E-state index contributed by atoms with van der Waals surface area (Å²) >= 11 is 9.38. The van der Waals surface area contributed by atoms with E-state index in [1.54, 1.807) is 24.5 Å². The number of aromatic nitrogens is 4. The summed E-state index contributed by atoms with van der Waals surface area (Å²) in [5, 5.41) is 14.5. The third-order valence-corrected chi connectivity index (χ3v) is 5.35. The van der Waals surface area contributed by atoms with Crippen LogP contribution in [0.1, 0.15) is 11.3 Å². The molecule has 0 atom stereocenters. The molecular formula is C20H16BrClN6O. The quantitative estimate of drug-likeness (QED) is 0.387. The summed E-state index contributed by atoms with van der Waals surface area (Å²) < 4.78 is 0.626. The Bertz CT molecular complexity index is 1190. The van der Waals surface area contributed by atoms with Gasteiger partial charge in [-0.05, 0) is 52.7 Å². The van der Waals surface area contributed by atoms with Crippen molar-refractivity contribution in [3.05, 3.63) is 69.5 Å². The molecule has 0 saturated carbocycles. The third-order valence-electron chi connectivity index (χ3n) is 4.32. The number of anilines is 1. The van der Waals surface area contributed by atoms with Crippen LogP contribution < -0.4 is 10.6 Å². The lowest BCUT2D eigenvalue weighted by atomic mass is 10.1. The van der Waals surface area contributed by atoms with E-state index in [-0.39, 0.29) is 6.03 Å². The zero-order valence-electron chi connectivity index (χ0n) is 15.3. The number of rotatable bonds is 4. The number of carbonyl (C=O) groups excluding carboxylic acids is 1. The van der Waals surface area contributed by atoms with Crippen molar-refractivity contribution in [3.8, 4) is 11.3 Å². The van der Waals surface area contributed by atoms with Gasteiger partial charge in [0, 0.05) is 40.6 Å². The van der Waals surface area contributed by atoms with Crippen LogP contribution in [0.3, 0.4) is 0 Å². The number of hydrogen-bond donors (Lipinski definition) is 3. The second-order valence-corrected chi connectivity index (χ2v) is 7.63. The zero-order valence-corrected chi connectivity index (χ0v) is 17.7. The van der Waals surface area contributed by atoms with Crippen LogP contribution in [0.15, 0.2) is 53.3 Å². The highest BCUT2D eigenvalue weighted by Gasteiger charge is 2.16. The van der Waals surface area contributed by atoms with Gasteiger partial charge < -0.3 is 5.32 Å². The van der Waals surface area contributed by atoms with Crippen molar-refractivity contribution in [2.24, 2.45) is 0 Å². The second-order valence-electron chi connectivity index (χ2n) is 6.40. The van der Waals surface area contributed by atoms with E-state index in [2.05, 4.69) is 46.7 Å². The van der Waals surface area contributed by atoms with Gasteiger partial charge in [-0.15, -0.1) is 0 Å². The summed E-state index contributed by atoms with van der Waals surface area (Å²) in [4.78, 5) is 20.9. The van der Waals surface area contributed by atoms with Gasteiger partial charge in [0.15, 0.2) is 5.82 Å². The lowest BCUT2D eigenvalue weighted by Gasteiger charge is -2.09. The van der Waals surface area contributed by atoms with Crippen molar-refractivity contribution in [1.29, 1.82) is 0 Å². The number of aromatic amines is 1. The number of nitrogens with zero attached hydrogens (tertiary/aromatic N) is 3. The van der Waals surface area contributed by atoms with Gasteiger partial charge in [0.25, 0.3) is 0 Å². The fourth-order valence-corrected chi connectivity index (χ4v) is 3.51. The van der Waals surface area contributed by atoms with Gasteiger partial charge >= 0.3 is 6.03 Å². The summed E-state index contributed by atoms with van der Waals surface area (Å²) in [5.74, 6) is 0.396. The van der Waals surface area contributed by atoms with E-state index in [4.69, 9.17) is 11.6 Å². The van der Waals surface area contributed by atoms with Gasteiger partial charge in [-0.3, -0.25) is 15.4 Å². The van der Waals surface area contributed by atoms with Crippen LogP contribution in [-0.4, -0.2) is 26.2 Å². The Hall–Kier alpha value is -2.97. The SMILES string of the molecule is Cc1cc(-c2n[nH]c3c(Br)c(NC(=O)NCc4ccc(Cl)cc4)ncc23)ccn1. The van der Waals surface area contributed by atoms with E-state index >= 15 is 0 Å². The maximum Gasteiger partial charge on any atom is 0.320 e. The third kappa shape index (κ3) is 4.23. The van der Waals surface area contributed by atoms with Gasteiger partial charge in [-0.2, -0.15) is 5.10 Å². The summed E-state index contributed by atoms with van der Waals surface area (Å²) in [7, 11) is 0. The molecule has 4 aromatic rings. The van der Waals surface area contributed by atoms with Gasteiger partial charge in [0.05, 0.1) is 9.99 Å². The van der Waals surface area contributed by atoms with Crippen molar-refractivity contribution in [1.82, 2.24) is 25.5 Å². The number of benzene rings is 1. The van der Waals surface area contributed by atoms with Gasteiger partial charge in [-0.25, -0.2) is 9.78 Å². The lowest BCUT2D eigenvalue weighted by Crippen LogP contribution is -2.28. The van der Waals surface area contributed by atoms with Gasteiger partial charge in [0.1, 0.15) is 5.69 Å². The van der Waals surface area contributed by atoms with E-state index in [0.717, 1.165) is 33.4 Å². The first kappa shape index (κ1) is 19.4. The number of H-pyrrole nitrogens is 1. The molecule has 2 amide bonds. The van der Waals surface area contributed by atoms with Crippen molar-refractivity contribution < 1.29 is 4.79 Å². The van der Waals surface area contributed by atoms with Crippen molar-refractivity contribution in [2.75, 3.05) is 5.32 Å². The van der Waals surface area contributed by atoms with Crippen LogP contribution in [0, 0.1) is 6.92 Å². The molecule has 29 heavy (non-hydrogen) atoms. The number of hydrogen-bond acceptors (Lipinski definition) is 4. The molecule has 0 spiro atoms. The number of amides is 2. The van der Waals surface area contributed by atoms with Crippen LogP contribution in [0.25, 0.3) is 22.2 Å². The Balaban J connectivity index is 1.52. The smallest absolute Gasteiger partial charge is 0.320 e. The molecule has 3 heterocycles. The molecule has 0 unspecified atom stereocenters. The summed E-state index contributed by atoms with van der Waals surface area (Å²) in [6, 6.07) is 10.8. The van der Waals surface area contributed by atoms with Crippen LogP contribution in [0.5, 0.6) is 0 Å². The molecular weight excluding hydrogens is 456 g/mol. The maximum absolute atomic E-state index is 12.3. The van der Waals surface area contributed by atoms with Crippen LogP contribution in [0.4, 0.5) is 10.6 Å². The number of halogens is 2. The van der Waals surface area contributed by atoms with Crippen molar-refractivity contribution in [3.63, 3.8) is 0 Å². The van der Waals surface area contributed by atoms with E-state index in [0.29, 0.717) is 21.9 Å². The molecule has 1 aromatic carbocycles. The molecule has 9 heteroatoms. The first-order valence-corrected chi connectivity index (χ1v) is 9.93. The minimum Gasteiger partial charge on any atom is -0.334 e. The molecule has 4 rings (SSSR count). The summed E-state index contributed by atoms with van der Waals surface area (Å²) in [6.07, 6.45) is 3.43. The van der Waals surface area contributed by atoms with E-state index in [1.807, 2.05) is 31.2 Å². The first-order chi connectivity index (χ1) is 14.0. The van der Waals surface area contributed by atoms with Gasteiger partial charge in [0.2, 0.25) is 0 Å². The molecule has 0 aliphatic heterocycles. The van der Waals surface area contributed by atoms with Crippen LogP contribution in [-0.2, 0) is 6.54 Å². The van der Waals surface area contributed by atoms with Crippen molar-refractivity contribution >= 4 is 50.3 Å². The van der Waals surface area contributed by atoms with E-state index < -0.39 is 0 Å². The Morgan fingerprint density at radius 1 is 1.21 bits per heavy atom. The number of aryl methyl sites for hydroxylation is 1. The highest BCUT2D eigenvalue weighted by atomic mass is 79.9. The predicted octanol–water partition coefficient (Wildman–Crippen LogP) is 5.07. The van der Waals surface area contributed by atoms with Crippen LogP contribution >= 0.6 is 27.5 Å². The van der Waals surface area contributed by atoms with E-state index in [9.17, 15) is 4.79 Å². The second kappa shape index (κ2) is 8.18. The Labute approximate surface area is 180 Å². The fraction of sp³-hybridized carbons (Fsp3) is 0.100. The maximum atomic E-state index is 12.3. The summed E-state index contributed by atoms with van der Waals surface area (Å²) in [6.45, 7) is 2.30. The van der Waals surface area contributed by atoms with Crippen LogP contribution in [0.2, 0.25) is 5.02 Å². The Kier molecular flexibility index (Phi) is 5.46. The highest BCUT2D eigenvalue weighted by molar-refractivity contribution is 9.10. The largest absolute Gasteiger partial charge is 0.334 e. The molecule has 3 aromatic heterocycles. The number of fused-ring (bicyclic) bond motifs is 1. The molecule has 0 saturated heterocycles. The van der Waals surface area contributed by atoms with Gasteiger partial charge in [-0.1, -0.05) is 23.7 Å². The predicted molar refractivity (Wildman–Crippen MR) is 117 cm³/mol. The average Bonchev–Trinajstić information content (AvgIpc) is 3.15. The number of carbonyl (C=O) groups is 1. The molecule has 7 nitrogen and oxygen atoms in total. The monoisotopic (exact) mass is 470 g/mol. The topological polar surface area (TPSA) is 95.6 Å². The van der Waals surface area contributed by atoms with E-state index in [1.165, 1.54) is 0 Å². The molecule has 3 N–H and O–H groups in total. The molecule has 0 radical (unpaired) electrons. The average molecular weight is 472 g/mol. The number of pyridine rings is 2.